The Labute approximate surface area is 157 Å². The molecule has 2 aromatic carbocycles. The lowest BCUT2D eigenvalue weighted by Gasteiger charge is -2.35. The monoisotopic (exact) mass is 371 g/mol. The molecule has 7 heteroatoms. The number of carbonyl (C=O) groups excluding carboxylic acids is 1. The Kier molecular flexibility index (Phi) is 6.03. The zero-order valence-electron chi connectivity index (χ0n) is 14.8. The number of carboxylic acid groups (broad SMARTS) is 1. The molecule has 2 aromatic rings. The van der Waals surface area contributed by atoms with Crippen LogP contribution < -0.4 is 10.6 Å². The number of carbonyl (C=O) groups is 2. The van der Waals surface area contributed by atoms with Gasteiger partial charge in [0, 0.05) is 12.6 Å². The molecule has 0 aromatic heterocycles. The largest absolute Gasteiger partial charge is 0.465 e. The summed E-state index contributed by atoms with van der Waals surface area (Å²) in [5.41, 5.74) is 0.683. The Morgan fingerprint density at radius 3 is 2.48 bits per heavy atom. The first-order valence-corrected chi connectivity index (χ1v) is 8.90. The highest BCUT2D eigenvalue weighted by molar-refractivity contribution is 6.02. The number of hydrogen-bond acceptors (Lipinski definition) is 3. The number of hydrogen-bond donors (Lipinski definition) is 3. The molecule has 6 nitrogen and oxygen atoms in total. The van der Waals surface area contributed by atoms with E-state index in [0.717, 1.165) is 37.6 Å². The van der Waals surface area contributed by atoms with Gasteiger partial charge in [0.25, 0.3) is 5.91 Å². The standard InChI is InChI=1S/C20H22FN3O3/c21-17-8-4-7-16(18(17)23-20(26)27)19(25)24(15-9-11-22-12-10-15)13-14-5-2-1-3-6-14/h1-8,15,22-23H,9-13H2,(H,26,27). The number of nitrogens with zero attached hydrogens (tertiary/aromatic N) is 1. The molecule has 1 saturated heterocycles. The van der Waals surface area contributed by atoms with Crippen molar-refractivity contribution < 1.29 is 19.1 Å². The molecular weight excluding hydrogens is 349 g/mol. The number of amides is 2. The van der Waals surface area contributed by atoms with E-state index >= 15 is 0 Å². The van der Waals surface area contributed by atoms with Crippen LogP contribution in [0, 0.1) is 5.82 Å². The van der Waals surface area contributed by atoms with Crippen molar-refractivity contribution in [1.29, 1.82) is 0 Å². The van der Waals surface area contributed by atoms with Crippen LogP contribution in [0.1, 0.15) is 28.8 Å². The maximum absolute atomic E-state index is 14.2. The van der Waals surface area contributed by atoms with E-state index in [9.17, 15) is 14.0 Å². The van der Waals surface area contributed by atoms with E-state index in [4.69, 9.17) is 5.11 Å². The molecule has 3 rings (SSSR count). The molecule has 0 unspecified atom stereocenters. The fourth-order valence-electron chi connectivity index (χ4n) is 3.36. The molecule has 1 aliphatic heterocycles. The van der Waals surface area contributed by atoms with Crippen molar-refractivity contribution in [3.8, 4) is 0 Å². The van der Waals surface area contributed by atoms with Gasteiger partial charge in [-0.25, -0.2) is 9.18 Å². The molecule has 0 radical (unpaired) electrons. The van der Waals surface area contributed by atoms with E-state index in [1.54, 1.807) is 4.90 Å². The number of halogens is 1. The van der Waals surface area contributed by atoms with Gasteiger partial charge in [0.05, 0.1) is 11.3 Å². The first-order valence-electron chi connectivity index (χ1n) is 8.90. The molecular formula is C20H22FN3O3. The zero-order valence-corrected chi connectivity index (χ0v) is 14.8. The fourth-order valence-corrected chi connectivity index (χ4v) is 3.36. The first kappa shape index (κ1) is 18.8. The summed E-state index contributed by atoms with van der Waals surface area (Å²) in [7, 11) is 0. The van der Waals surface area contributed by atoms with Crippen LogP contribution in [0.4, 0.5) is 14.9 Å². The number of para-hydroxylation sites is 1. The molecule has 3 N–H and O–H groups in total. The predicted octanol–water partition coefficient (Wildman–Crippen LogP) is 3.31. The summed E-state index contributed by atoms with van der Waals surface area (Å²) in [4.78, 5) is 26.1. The number of benzene rings is 2. The quantitative estimate of drug-likeness (QED) is 0.753. The lowest BCUT2D eigenvalue weighted by Crippen LogP contribution is -2.46. The van der Waals surface area contributed by atoms with E-state index < -0.39 is 11.9 Å². The summed E-state index contributed by atoms with van der Waals surface area (Å²) in [6.45, 7) is 1.98. The third kappa shape index (κ3) is 4.62. The highest BCUT2D eigenvalue weighted by Gasteiger charge is 2.29. The molecule has 142 valence electrons. The van der Waals surface area contributed by atoms with E-state index in [1.807, 2.05) is 35.6 Å². The van der Waals surface area contributed by atoms with Gasteiger partial charge >= 0.3 is 6.09 Å². The van der Waals surface area contributed by atoms with Crippen LogP contribution in [-0.4, -0.2) is 41.1 Å². The second-order valence-corrected chi connectivity index (χ2v) is 6.49. The highest BCUT2D eigenvalue weighted by Crippen LogP contribution is 2.25. The van der Waals surface area contributed by atoms with Crippen LogP contribution in [-0.2, 0) is 6.54 Å². The lowest BCUT2D eigenvalue weighted by atomic mass is 10.0. The molecule has 0 atom stereocenters. The van der Waals surface area contributed by atoms with Gasteiger partial charge in [-0.3, -0.25) is 10.1 Å². The molecule has 0 spiro atoms. The topological polar surface area (TPSA) is 81.7 Å². The average Bonchev–Trinajstić information content (AvgIpc) is 2.68. The summed E-state index contributed by atoms with van der Waals surface area (Å²) in [6.07, 6.45) is 0.163. The van der Waals surface area contributed by atoms with Crippen molar-refractivity contribution in [2.45, 2.75) is 25.4 Å². The molecule has 0 aliphatic carbocycles. The number of piperidine rings is 1. The smallest absolute Gasteiger partial charge is 0.409 e. The predicted molar refractivity (Wildman–Crippen MR) is 100 cm³/mol. The SMILES string of the molecule is O=C(O)Nc1c(F)cccc1C(=O)N(Cc1ccccc1)C1CCNCC1. The van der Waals surface area contributed by atoms with E-state index in [2.05, 4.69) is 5.32 Å². The number of rotatable bonds is 5. The van der Waals surface area contributed by atoms with Crippen LogP contribution in [0.5, 0.6) is 0 Å². The summed E-state index contributed by atoms with van der Waals surface area (Å²) in [6, 6.07) is 13.6. The highest BCUT2D eigenvalue weighted by atomic mass is 19.1. The zero-order chi connectivity index (χ0) is 19.2. The molecule has 0 bridgehead atoms. The Morgan fingerprint density at radius 1 is 1.11 bits per heavy atom. The van der Waals surface area contributed by atoms with Crippen LogP contribution in [0.15, 0.2) is 48.5 Å². The van der Waals surface area contributed by atoms with E-state index in [0.29, 0.717) is 6.54 Å². The van der Waals surface area contributed by atoms with Crippen molar-refractivity contribution in [3.63, 3.8) is 0 Å². The molecule has 1 aliphatic rings. The van der Waals surface area contributed by atoms with Gasteiger partial charge in [-0.2, -0.15) is 0 Å². The van der Waals surface area contributed by atoms with Gasteiger partial charge in [-0.05, 0) is 43.6 Å². The van der Waals surface area contributed by atoms with E-state index in [1.165, 1.54) is 12.1 Å². The van der Waals surface area contributed by atoms with Crippen LogP contribution in [0.25, 0.3) is 0 Å². The van der Waals surface area contributed by atoms with Gasteiger partial charge in [0.1, 0.15) is 5.82 Å². The minimum atomic E-state index is -1.41. The Morgan fingerprint density at radius 2 is 1.81 bits per heavy atom. The normalized spacial score (nSPS) is 14.6. The maximum Gasteiger partial charge on any atom is 0.409 e. The third-order valence-corrected chi connectivity index (χ3v) is 4.68. The lowest BCUT2D eigenvalue weighted by molar-refractivity contribution is 0.0624. The van der Waals surface area contributed by atoms with Crippen LogP contribution in [0.3, 0.4) is 0 Å². The average molecular weight is 371 g/mol. The second kappa shape index (κ2) is 8.64. The van der Waals surface area contributed by atoms with Gasteiger partial charge < -0.3 is 15.3 Å². The minimum Gasteiger partial charge on any atom is -0.465 e. The first-order chi connectivity index (χ1) is 13.1. The van der Waals surface area contributed by atoms with Crippen molar-refractivity contribution in [2.24, 2.45) is 0 Å². The second-order valence-electron chi connectivity index (χ2n) is 6.49. The molecule has 1 fully saturated rings. The van der Waals surface area contributed by atoms with Crippen molar-refractivity contribution in [2.75, 3.05) is 18.4 Å². The van der Waals surface area contributed by atoms with Gasteiger partial charge in [0.2, 0.25) is 0 Å². The molecule has 2 amide bonds. The third-order valence-electron chi connectivity index (χ3n) is 4.68. The summed E-state index contributed by atoms with van der Waals surface area (Å²) in [5.74, 6) is -1.15. The fraction of sp³-hybridized carbons (Fsp3) is 0.300. The Hall–Kier alpha value is -2.93. The van der Waals surface area contributed by atoms with Gasteiger partial charge in [-0.1, -0.05) is 36.4 Å². The van der Waals surface area contributed by atoms with Crippen LogP contribution in [0.2, 0.25) is 0 Å². The summed E-state index contributed by atoms with van der Waals surface area (Å²) >= 11 is 0. The number of anilines is 1. The van der Waals surface area contributed by atoms with Crippen molar-refractivity contribution >= 4 is 17.7 Å². The summed E-state index contributed by atoms with van der Waals surface area (Å²) < 4.78 is 14.2. The van der Waals surface area contributed by atoms with E-state index in [-0.39, 0.29) is 23.2 Å². The van der Waals surface area contributed by atoms with Gasteiger partial charge in [0.15, 0.2) is 0 Å². The maximum atomic E-state index is 14.2. The summed E-state index contributed by atoms with van der Waals surface area (Å²) in [5, 5.41) is 14.3. The van der Waals surface area contributed by atoms with Gasteiger partial charge in [-0.15, -0.1) is 0 Å². The van der Waals surface area contributed by atoms with Crippen molar-refractivity contribution in [1.82, 2.24) is 10.2 Å². The van der Waals surface area contributed by atoms with Crippen molar-refractivity contribution in [3.05, 3.63) is 65.5 Å². The Bertz CT molecular complexity index is 807. The Balaban J connectivity index is 1.95. The van der Waals surface area contributed by atoms with Crippen LogP contribution >= 0.6 is 0 Å². The molecule has 27 heavy (non-hydrogen) atoms. The molecule has 1 heterocycles. The minimum absolute atomic E-state index is 0.0000912. The molecule has 0 saturated carbocycles. The number of nitrogens with one attached hydrogen (secondary N) is 2.